The molecule has 1 aliphatic rings. The lowest BCUT2D eigenvalue weighted by molar-refractivity contribution is -0.140. The van der Waals surface area contributed by atoms with Crippen molar-refractivity contribution >= 4 is 17.3 Å². The molecule has 0 amide bonds. The number of nitrogen functional groups attached to an aromatic ring is 1. The van der Waals surface area contributed by atoms with Crippen molar-refractivity contribution in [3.63, 3.8) is 0 Å². The number of hydrogen-bond donors (Lipinski definition) is 3. The van der Waals surface area contributed by atoms with Gasteiger partial charge < -0.3 is 25.4 Å². The van der Waals surface area contributed by atoms with Crippen molar-refractivity contribution < 1.29 is 24.5 Å². The summed E-state index contributed by atoms with van der Waals surface area (Å²) < 4.78 is 12.0. The fourth-order valence-corrected chi connectivity index (χ4v) is 4.07. The Bertz CT molecular complexity index is 942. The number of esters is 1. The molecule has 3 heterocycles. The van der Waals surface area contributed by atoms with Crippen LogP contribution in [0.4, 0.5) is 5.82 Å². The van der Waals surface area contributed by atoms with Crippen molar-refractivity contribution in [1.82, 2.24) is 14.6 Å². The van der Waals surface area contributed by atoms with E-state index in [1.54, 1.807) is 12.1 Å². The van der Waals surface area contributed by atoms with E-state index in [-0.39, 0.29) is 11.8 Å². The third-order valence-electron chi connectivity index (χ3n) is 5.83. The topological polar surface area (TPSA) is 156 Å². The number of aromatic nitrogens is 3. The number of nitriles is 1. The predicted octanol–water partition coefficient (Wildman–Crippen LogP) is 1.44. The van der Waals surface area contributed by atoms with Crippen LogP contribution in [0, 0.1) is 11.3 Å². The summed E-state index contributed by atoms with van der Waals surface area (Å²) in [4.78, 5) is 15.0. The average molecular weight is 431 g/mol. The molecule has 10 heteroatoms. The van der Waals surface area contributed by atoms with Crippen LogP contribution in [0.5, 0.6) is 0 Å². The summed E-state index contributed by atoms with van der Waals surface area (Å²) >= 11 is 0. The number of carbonyl (C=O) groups is 1. The van der Waals surface area contributed by atoms with Crippen molar-refractivity contribution in [1.29, 1.82) is 5.26 Å². The van der Waals surface area contributed by atoms with Crippen LogP contribution in [-0.2, 0) is 19.9 Å². The second-order valence-electron chi connectivity index (χ2n) is 7.84. The number of aliphatic hydroxyl groups is 2. The SMILES string of the molecule is COC(=O)CCCCCCCC[C@H]1O[C@@](C#N)(c2ccc3c(N)ncnn23)[C@H](O)[C@@H]1O. The van der Waals surface area contributed by atoms with Crippen molar-refractivity contribution in [3.05, 3.63) is 24.2 Å². The average Bonchev–Trinajstić information content (AvgIpc) is 3.31. The Hall–Kier alpha value is -2.74. The second-order valence-corrected chi connectivity index (χ2v) is 7.84. The zero-order chi connectivity index (χ0) is 22.4. The minimum atomic E-state index is -1.74. The van der Waals surface area contributed by atoms with E-state index in [0.717, 1.165) is 38.5 Å². The third kappa shape index (κ3) is 4.63. The number of nitrogens with two attached hydrogens (primary N) is 1. The highest BCUT2D eigenvalue weighted by Gasteiger charge is 2.57. The summed E-state index contributed by atoms with van der Waals surface area (Å²) in [5.41, 5.74) is 4.91. The smallest absolute Gasteiger partial charge is 0.305 e. The molecule has 0 saturated carbocycles. The van der Waals surface area contributed by atoms with Gasteiger partial charge in [-0.25, -0.2) is 9.50 Å². The van der Waals surface area contributed by atoms with Crippen LogP contribution in [-0.4, -0.2) is 56.2 Å². The molecule has 0 bridgehead atoms. The zero-order valence-corrected chi connectivity index (χ0v) is 17.6. The summed E-state index contributed by atoms with van der Waals surface area (Å²) in [5.74, 6) is 0.0577. The highest BCUT2D eigenvalue weighted by atomic mass is 16.6. The first-order valence-corrected chi connectivity index (χ1v) is 10.6. The Morgan fingerprint density at radius 1 is 1.29 bits per heavy atom. The molecular weight excluding hydrogens is 402 g/mol. The van der Waals surface area contributed by atoms with E-state index in [9.17, 15) is 20.3 Å². The number of nitrogens with zero attached hydrogens (tertiary/aromatic N) is 4. The highest BCUT2D eigenvalue weighted by molar-refractivity contribution is 5.69. The van der Waals surface area contributed by atoms with Crippen molar-refractivity contribution in [3.8, 4) is 6.07 Å². The Labute approximate surface area is 180 Å². The van der Waals surface area contributed by atoms with E-state index in [0.29, 0.717) is 24.1 Å². The molecule has 3 rings (SSSR count). The monoisotopic (exact) mass is 431 g/mol. The van der Waals surface area contributed by atoms with Crippen molar-refractivity contribution in [2.75, 3.05) is 12.8 Å². The Morgan fingerprint density at radius 2 is 2.00 bits per heavy atom. The molecule has 0 radical (unpaired) electrons. The van der Waals surface area contributed by atoms with Gasteiger partial charge in [-0.05, 0) is 25.0 Å². The second kappa shape index (κ2) is 10.0. The van der Waals surface area contributed by atoms with Gasteiger partial charge in [-0.3, -0.25) is 4.79 Å². The molecule has 1 saturated heterocycles. The molecule has 0 spiro atoms. The van der Waals surface area contributed by atoms with Crippen LogP contribution in [0.1, 0.15) is 57.1 Å². The Morgan fingerprint density at radius 3 is 2.71 bits per heavy atom. The number of rotatable bonds is 10. The van der Waals surface area contributed by atoms with Crippen LogP contribution in [0.25, 0.3) is 5.52 Å². The fourth-order valence-electron chi connectivity index (χ4n) is 4.07. The van der Waals surface area contributed by atoms with Crippen LogP contribution < -0.4 is 5.73 Å². The quantitative estimate of drug-likeness (QED) is 0.374. The maximum absolute atomic E-state index is 11.1. The van der Waals surface area contributed by atoms with Gasteiger partial charge in [0.05, 0.1) is 18.9 Å². The van der Waals surface area contributed by atoms with E-state index in [4.69, 9.17) is 10.5 Å². The van der Waals surface area contributed by atoms with Gasteiger partial charge in [0, 0.05) is 6.42 Å². The van der Waals surface area contributed by atoms with E-state index in [2.05, 4.69) is 14.8 Å². The summed E-state index contributed by atoms with van der Waals surface area (Å²) in [6.07, 6.45) is 4.43. The standard InChI is InChI=1S/C21H29N5O5/c1-30-17(27)9-7-5-3-2-4-6-8-15-18(28)19(29)21(12-22,31-15)16-11-10-14-20(23)24-13-25-26(14)16/h10-11,13,15,18-19,28-29H,2-9H2,1H3,(H2,23,24,25)/t15-,18-,19-,21+/m1/s1. The first kappa shape index (κ1) is 22.9. The van der Waals surface area contributed by atoms with Crippen molar-refractivity contribution in [2.24, 2.45) is 0 Å². The van der Waals surface area contributed by atoms with Crippen molar-refractivity contribution in [2.45, 2.75) is 75.3 Å². The molecule has 0 unspecified atom stereocenters. The number of hydrogen-bond acceptors (Lipinski definition) is 9. The van der Waals surface area contributed by atoms with Gasteiger partial charge in [0.25, 0.3) is 0 Å². The highest BCUT2D eigenvalue weighted by Crippen LogP contribution is 2.41. The maximum Gasteiger partial charge on any atom is 0.305 e. The third-order valence-corrected chi connectivity index (χ3v) is 5.83. The Balaban J connectivity index is 1.56. The summed E-state index contributed by atoms with van der Waals surface area (Å²) in [6, 6.07) is 5.31. The summed E-state index contributed by atoms with van der Waals surface area (Å²) in [7, 11) is 1.39. The molecule has 168 valence electrons. The first-order chi connectivity index (χ1) is 14.9. The lowest BCUT2D eigenvalue weighted by atomic mass is 9.92. The van der Waals surface area contributed by atoms with Gasteiger partial charge in [-0.2, -0.15) is 10.4 Å². The van der Waals surface area contributed by atoms with Gasteiger partial charge >= 0.3 is 5.97 Å². The van der Waals surface area contributed by atoms with E-state index in [1.165, 1.54) is 18.0 Å². The van der Waals surface area contributed by atoms with Crippen LogP contribution in [0.3, 0.4) is 0 Å². The fraction of sp³-hybridized carbons (Fsp3) is 0.619. The number of unbranched alkanes of at least 4 members (excludes halogenated alkanes) is 5. The number of anilines is 1. The molecule has 0 aliphatic carbocycles. The van der Waals surface area contributed by atoms with Gasteiger partial charge in [-0.1, -0.05) is 32.1 Å². The lowest BCUT2D eigenvalue weighted by Gasteiger charge is -2.24. The molecule has 1 aliphatic heterocycles. The van der Waals surface area contributed by atoms with Gasteiger partial charge in [0.15, 0.2) is 5.82 Å². The summed E-state index contributed by atoms with van der Waals surface area (Å²) in [6.45, 7) is 0. The van der Waals surface area contributed by atoms with Gasteiger partial charge in [0.1, 0.15) is 30.1 Å². The number of fused-ring (bicyclic) bond motifs is 1. The van der Waals surface area contributed by atoms with E-state index in [1.807, 2.05) is 6.07 Å². The lowest BCUT2D eigenvalue weighted by Crippen LogP contribution is -2.40. The van der Waals surface area contributed by atoms with Crippen LogP contribution >= 0.6 is 0 Å². The van der Waals surface area contributed by atoms with E-state index >= 15 is 0 Å². The normalized spacial score (nSPS) is 25.5. The molecule has 31 heavy (non-hydrogen) atoms. The number of ether oxygens (including phenoxy) is 2. The minimum absolute atomic E-state index is 0.184. The zero-order valence-electron chi connectivity index (χ0n) is 17.6. The summed E-state index contributed by atoms with van der Waals surface area (Å²) in [5, 5.41) is 35.3. The molecule has 10 nitrogen and oxygen atoms in total. The molecule has 1 fully saturated rings. The number of methoxy groups -OCH3 is 1. The number of aliphatic hydroxyl groups excluding tert-OH is 2. The van der Waals surface area contributed by atoms with E-state index < -0.39 is 23.9 Å². The molecule has 4 N–H and O–H groups in total. The number of carbonyl (C=O) groups excluding carboxylic acids is 1. The van der Waals surface area contributed by atoms with Crippen LogP contribution in [0.2, 0.25) is 0 Å². The minimum Gasteiger partial charge on any atom is -0.469 e. The Kier molecular flexibility index (Phi) is 7.43. The van der Waals surface area contributed by atoms with Gasteiger partial charge in [0.2, 0.25) is 5.60 Å². The first-order valence-electron chi connectivity index (χ1n) is 10.6. The van der Waals surface area contributed by atoms with Crippen LogP contribution in [0.15, 0.2) is 18.5 Å². The molecule has 4 atom stereocenters. The predicted molar refractivity (Wildman–Crippen MR) is 111 cm³/mol. The van der Waals surface area contributed by atoms with Gasteiger partial charge in [-0.15, -0.1) is 0 Å². The molecular formula is C21H29N5O5. The molecule has 2 aromatic rings. The molecule has 0 aromatic carbocycles. The largest absolute Gasteiger partial charge is 0.469 e. The maximum atomic E-state index is 11.1. The molecule has 2 aromatic heterocycles.